The van der Waals surface area contributed by atoms with E-state index >= 15 is 0 Å². The SMILES string of the molecule is CC(C)C(CN(C)C)Nc1ncc(N)cn1. The van der Waals surface area contributed by atoms with Crippen LogP contribution in [0, 0.1) is 5.92 Å². The molecule has 0 amide bonds. The van der Waals surface area contributed by atoms with Crippen molar-refractivity contribution in [1.82, 2.24) is 14.9 Å². The molecule has 1 atom stereocenters. The molecule has 1 heterocycles. The van der Waals surface area contributed by atoms with E-state index < -0.39 is 0 Å². The Kier molecular flexibility index (Phi) is 4.49. The number of nitrogens with one attached hydrogen (secondary N) is 1. The minimum absolute atomic E-state index is 0.332. The van der Waals surface area contributed by atoms with Gasteiger partial charge in [0.15, 0.2) is 0 Å². The van der Waals surface area contributed by atoms with Crippen molar-refractivity contribution in [3.63, 3.8) is 0 Å². The van der Waals surface area contributed by atoms with E-state index in [0.717, 1.165) is 6.54 Å². The van der Waals surface area contributed by atoms with Gasteiger partial charge in [0.25, 0.3) is 0 Å². The Hall–Kier alpha value is -1.36. The number of hydrogen-bond donors (Lipinski definition) is 2. The first-order valence-electron chi connectivity index (χ1n) is 5.48. The maximum Gasteiger partial charge on any atom is 0.222 e. The van der Waals surface area contributed by atoms with E-state index in [1.54, 1.807) is 12.4 Å². The maximum absolute atomic E-state index is 5.54. The van der Waals surface area contributed by atoms with Gasteiger partial charge in [0, 0.05) is 12.6 Å². The summed E-state index contributed by atoms with van der Waals surface area (Å²) < 4.78 is 0. The average Bonchev–Trinajstić information content (AvgIpc) is 2.19. The van der Waals surface area contributed by atoms with Crippen molar-refractivity contribution in [2.24, 2.45) is 5.92 Å². The Balaban J connectivity index is 2.64. The van der Waals surface area contributed by atoms with Crippen LogP contribution in [0.5, 0.6) is 0 Å². The predicted octanol–water partition coefficient (Wildman–Crippen LogP) is 1.06. The quantitative estimate of drug-likeness (QED) is 0.781. The normalized spacial score (nSPS) is 13.1. The number of nitrogen functional groups attached to an aromatic ring is 1. The van der Waals surface area contributed by atoms with Gasteiger partial charge in [-0.25, -0.2) is 9.97 Å². The van der Waals surface area contributed by atoms with Crippen LogP contribution in [0.2, 0.25) is 0 Å². The van der Waals surface area contributed by atoms with E-state index in [2.05, 4.69) is 48.1 Å². The number of likely N-dealkylation sites (N-methyl/N-ethyl adjacent to an activating group) is 1. The summed E-state index contributed by atoms with van der Waals surface area (Å²) in [5.41, 5.74) is 6.12. The fourth-order valence-electron chi connectivity index (χ4n) is 1.39. The lowest BCUT2D eigenvalue weighted by Gasteiger charge is -2.25. The summed E-state index contributed by atoms with van der Waals surface area (Å²) in [6, 6.07) is 0.332. The van der Waals surface area contributed by atoms with E-state index in [4.69, 9.17) is 5.73 Å². The molecular weight excluding hydrogens is 202 g/mol. The summed E-state index contributed by atoms with van der Waals surface area (Å²) in [6.45, 7) is 5.31. The van der Waals surface area contributed by atoms with Gasteiger partial charge in [-0.05, 0) is 20.0 Å². The second-order valence-electron chi connectivity index (χ2n) is 4.60. The monoisotopic (exact) mass is 223 g/mol. The van der Waals surface area contributed by atoms with Crippen LogP contribution in [-0.4, -0.2) is 41.5 Å². The average molecular weight is 223 g/mol. The topological polar surface area (TPSA) is 67.1 Å². The molecule has 5 heteroatoms. The van der Waals surface area contributed by atoms with Gasteiger partial charge in [-0.1, -0.05) is 13.8 Å². The number of anilines is 2. The van der Waals surface area contributed by atoms with Gasteiger partial charge in [0.05, 0.1) is 18.1 Å². The minimum Gasteiger partial charge on any atom is -0.396 e. The van der Waals surface area contributed by atoms with E-state index in [0.29, 0.717) is 23.6 Å². The third-order valence-electron chi connectivity index (χ3n) is 2.35. The van der Waals surface area contributed by atoms with Crippen LogP contribution >= 0.6 is 0 Å². The molecule has 0 aliphatic carbocycles. The van der Waals surface area contributed by atoms with Crippen molar-refractivity contribution in [3.8, 4) is 0 Å². The van der Waals surface area contributed by atoms with Crippen molar-refractivity contribution in [2.75, 3.05) is 31.7 Å². The Morgan fingerprint density at radius 3 is 2.31 bits per heavy atom. The zero-order valence-corrected chi connectivity index (χ0v) is 10.4. The Morgan fingerprint density at radius 1 is 1.31 bits per heavy atom. The van der Waals surface area contributed by atoms with Gasteiger partial charge in [-0.3, -0.25) is 0 Å². The van der Waals surface area contributed by atoms with Gasteiger partial charge < -0.3 is 16.0 Å². The minimum atomic E-state index is 0.332. The fraction of sp³-hybridized carbons (Fsp3) is 0.636. The molecule has 1 rings (SSSR count). The van der Waals surface area contributed by atoms with Crippen LogP contribution in [0.4, 0.5) is 11.6 Å². The summed E-state index contributed by atoms with van der Waals surface area (Å²) in [5.74, 6) is 1.15. The lowest BCUT2D eigenvalue weighted by atomic mass is 10.0. The van der Waals surface area contributed by atoms with Gasteiger partial charge in [0.2, 0.25) is 5.95 Å². The van der Waals surface area contributed by atoms with Crippen molar-refractivity contribution >= 4 is 11.6 Å². The highest BCUT2D eigenvalue weighted by Crippen LogP contribution is 2.09. The highest BCUT2D eigenvalue weighted by molar-refractivity contribution is 5.36. The molecule has 0 bridgehead atoms. The van der Waals surface area contributed by atoms with E-state index in [1.165, 1.54) is 0 Å². The number of rotatable bonds is 5. The molecule has 90 valence electrons. The van der Waals surface area contributed by atoms with Crippen LogP contribution in [0.15, 0.2) is 12.4 Å². The Labute approximate surface area is 97.1 Å². The second-order valence-corrected chi connectivity index (χ2v) is 4.60. The van der Waals surface area contributed by atoms with Crippen molar-refractivity contribution in [1.29, 1.82) is 0 Å². The van der Waals surface area contributed by atoms with E-state index in [9.17, 15) is 0 Å². The lowest BCUT2D eigenvalue weighted by molar-refractivity contribution is 0.343. The van der Waals surface area contributed by atoms with Crippen molar-refractivity contribution < 1.29 is 0 Å². The molecule has 5 nitrogen and oxygen atoms in total. The number of aromatic nitrogens is 2. The standard InChI is InChI=1S/C11H21N5/c1-8(2)10(7-16(3)4)15-11-13-5-9(12)6-14-11/h5-6,8,10H,7,12H2,1-4H3,(H,13,14,15). The highest BCUT2D eigenvalue weighted by atomic mass is 15.2. The van der Waals surface area contributed by atoms with E-state index in [-0.39, 0.29) is 0 Å². The van der Waals surface area contributed by atoms with Crippen LogP contribution in [0.25, 0.3) is 0 Å². The summed E-state index contributed by atoms with van der Waals surface area (Å²) in [6.07, 6.45) is 3.23. The first-order chi connectivity index (χ1) is 7.49. The molecule has 0 saturated heterocycles. The summed E-state index contributed by atoms with van der Waals surface area (Å²) in [7, 11) is 4.11. The van der Waals surface area contributed by atoms with E-state index in [1.807, 2.05) is 0 Å². The van der Waals surface area contributed by atoms with Gasteiger partial charge in [-0.15, -0.1) is 0 Å². The molecule has 1 aromatic heterocycles. The molecule has 0 radical (unpaired) electrons. The molecule has 3 N–H and O–H groups in total. The van der Waals surface area contributed by atoms with Crippen LogP contribution in [-0.2, 0) is 0 Å². The molecular formula is C11H21N5. The lowest BCUT2D eigenvalue weighted by Crippen LogP contribution is -2.36. The molecule has 1 aromatic rings. The first kappa shape index (κ1) is 12.7. The summed E-state index contributed by atoms with van der Waals surface area (Å²) in [4.78, 5) is 10.4. The predicted molar refractivity (Wildman–Crippen MR) is 67.2 cm³/mol. The molecule has 0 aliphatic heterocycles. The highest BCUT2D eigenvalue weighted by Gasteiger charge is 2.14. The molecule has 16 heavy (non-hydrogen) atoms. The zero-order chi connectivity index (χ0) is 12.1. The third kappa shape index (κ3) is 4.02. The molecule has 0 aliphatic rings. The largest absolute Gasteiger partial charge is 0.396 e. The smallest absolute Gasteiger partial charge is 0.222 e. The van der Waals surface area contributed by atoms with Crippen LogP contribution in [0.1, 0.15) is 13.8 Å². The molecule has 0 spiro atoms. The molecule has 0 fully saturated rings. The van der Waals surface area contributed by atoms with Crippen LogP contribution in [0.3, 0.4) is 0 Å². The fourth-order valence-corrected chi connectivity index (χ4v) is 1.39. The van der Waals surface area contributed by atoms with Gasteiger partial charge in [0.1, 0.15) is 0 Å². The number of nitrogens with zero attached hydrogens (tertiary/aromatic N) is 3. The maximum atomic E-state index is 5.54. The summed E-state index contributed by atoms with van der Waals surface area (Å²) >= 11 is 0. The summed E-state index contributed by atoms with van der Waals surface area (Å²) in [5, 5.41) is 3.32. The number of hydrogen-bond acceptors (Lipinski definition) is 5. The van der Waals surface area contributed by atoms with Crippen molar-refractivity contribution in [2.45, 2.75) is 19.9 Å². The van der Waals surface area contributed by atoms with Gasteiger partial charge in [-0.2, -0.15) is 0 Å². The Bertz CT molecular complexity index is 307. The second kappa shape index (κ2) is 5.65. The Morgan fingerprint density at radius 2 is 1.88 bits per heavy atom. The molecule has 1 unspecified atom stereocenters. The van der Waals surface area contributed by atoms with Crippen molar-refractivity contribution in [3.05, 3.63) is 12.4 Å². The van der Waals surface area contributed by atoms with Gasteiger partial charge >= 0.3 is 0 Å². The third-order valence-corrected chi connectivity index (χ3v) is 2.35. The van der Waals surface area contributed by atoms with Crippen LogP contribution < -0.4 is 11.1 Å². The molecule has 0 saturated carbocycles. The first-order valence-corrected chi connectivity index (χ1v) is 5.48. The number of nitrogens with two attached hydrogens (primary N) is 1. The molecule has 0 aromatic carbocycles. The zero-order valence-electron chi connectivity index (χ0n) is 10.4.